The minimum absolute atomic E-state index is 0.689. The largest absolute Gasteiger partial charge is 0.394 e. The number of nitrogens with one attached hydrogen (secondary N) is 1. The first-order valence-corrected chi connectivity index (χ1v) is 18.6. The summed E-state index contributed by atoms with van der Waals surface area (Å²) in [6.45, 7) is -3.10. The highest BCUT2D eigenvalue weighted by atomic mass is 16.8. The van der Waals surface area contributed by atoms with Crippen LogP contribution in [0.3, 0.4) is 0 Å². The molecular weight excluding hydrogens is 814 g/mol. The van der Waals surface area contributed by atoms with Crippen LogP contribution in [0.15, 0.2) is 0 Å². The molecule has 0 aromatic rings. The van der Waals surface area contributed by atoms with E-state index in [9.17, 15) is 86.5 Å². The first kappa shape index (κ1) is 48.5. The summed E-state index contributed by atoms with van der Waals surface area (Å²) >= 11 is 0. The zero-order valence-electron chi connectivity index (χ0n) is 31.2. The van der Waals surface area contributed by atoms with Gasteiger partial charge in [0.2, 0.25) is 5.91 Å². The van der Waals surface area contributed by atoms with Crippen molar-refractivity contribution in [3.63, 3.8) is 0 Å². The van der Waals surface area contributed by atoms with Crippen molar-refractivity contribution in [2.75, 3.05) is 33.0 Å². The molecule has 0 bridgehead atoms. The summed E-state index contributed by atoms with van der Waals surface area (Å²) in [6, 6.07) is -1.49. The number of amides is 1. The lowest BCUT2D eigenvalue weighted by atomic mass is 9.95. The standard InChI is InChI=1S/C32H55NO26/c1-7(37)33-13-18(42)26(10(4-36)53-28(13)50)58-32-24(48)21(45)16(40)11(57-32)5-52-30-25(49)27(59-31-23(47)20(44)15(39)9(3-35)55-31)17(41)12(56-30)6-51-29-22(46)19(43)14(38)8(2-34)54-29/h8-32,34-36,38-50H,2-6H2,1H3,(H,33,37)/t8-,9-,10-,11-,12-,13-,14-,15-,16-,17-,18-,19+,20+,21+,22+,23+,24+,25+,26-,27+,28?,29+,30+,31-,32+/m1/s1. The molecule has 1 unspecified atom stereocenters. The zero-order chi connectivity index (χ0) is 43.6. The number of carbonyl (C=O) groups excluding carboxylic acids is 1. The minimum Gasteiger partial charge on any atom is -0.394 e. The van der Waals surface area contributed by atoms with Crippen LogP contribution in [-0.4, -0.2) is 274 Å². The van der Waals surface area contributed by atoms with E-state index in [1.54, 1.807) is 0 Å². The van der Waals surface area contributed by atoms with Crippen molar-refractivity contribution < 1.29 is 129 Å². The molecule has 5 rings (SSSR count). The summed E-state index contributed by atoms with van der Waals surface area (Å²) in [5.41, 5.74) is 0. The molecule has 5 aliphatic rings. The van der Waals surface area contributed by atoms with Gasteiger partial charge in [-0.3, -0.25) is 4.79 Å². The van der Waals surface area contributed by atoms with Gasteiger partial charge in [0, 0.05) is 6.92 Å². The summed E-state index contributed by atoms with van der Waals surface area (Å²) in [5, 5.41) is 169. The van der Waals surface area contributed by atoms with Gasteiger partial charge in [-0.2, -0.15) is 0 Å². The second-order valence-corrected chi connectivity index (χ2v) is 14.8. The second-order valence-electron chi connectivity index (χ2n) is 14.8. The van der Waals surface area contributed by atoms with Crippen molar-refractivity contribution in [3.05, 3.63) is 0 Å². The molecule has 25 atom stereocenters. The lowest BCUT2D eigenvalue weighted by molar-refractivity contribution is -0.374. The van der Waals surface area contributed by atoms with Gasteiger partial charge in [-0.1, -0.05) is 0 Å². The molecular formula is C32H55NO26. The Hall–Kier alpha value is -1.53. The van der Waals surface area contributed by atoms with Crippen molar-refractivity contribution in [2.24, 2.45) is 0 Å². The van der Waals surface area contributed by atoms with E-state index < -0.39 is 192 Å². The third kappa shape index (κ3) is 10.5. The highest BCUT2D eigenvalue weighted by Crippen LogP contribution is 2.33. The maximum Gasteiger partial charge on any atom is 0.217 e. The first-order valence-electron chi connectivity index (χ1n) is 18.6. The van der Waals surface area contributed by atoms with Gasteiger partial charge in [0.25, 0.3) is 0 Å². The van der Waals surface area contributed by atoms with Crippen LogP contribution in [0.2, 0.25) is 0 Å². The Morgan fingerprint density at radius 3 is 1.32 bits per heavy atom. The molecule has 0 aromatic carbocycles. The van der Waals surface area contributed by atoms with Crippen LogP contribution >= 0.6 is 0 Å². The van der Waals surface area contributed by atoms with Crippen molar-refractivity contribution in [3.8, 4) is 0 Å². The maximum atomic E-state index is 11.7. The van der Waals surface area contributed by atoms with E-state index in [4.69, 9.17) is 42.6 Å². The van der Waals surface area contributed by atoms with Gasteiger partial charge in [0.05, 0.1) is 33.0 Å². The lowest BCUT2D eigenvalue weighted by Crippen LogP contribution is -2.67. The number of carbonyl (C=O) groups is 1. The third-order valence-electron chi connectivity index (χ3n) is 10.7. The van der Waals surface area contributed by atoms with Crippen molar-refractivity contribution in [2.45, 2.75) is 160 Å². The van der Waals surface area contributed by atoms with E-state index in [2.05, 4.69) is 5.32 Å². The fraction of sp³-hybridized carbons (Fsp3) is 0.969. The molecule has 0 saturated carbocycles. The summed E-state index contributed by atoms with van der Waals surface area (Å²) in [7, 11) is 0. The predicted octanol–water partition coefficient (Wildman–Crippen LogP) is -11.8. The number of hydrogen-bond donors (Lipinski definition) is 17. The van der Waals surface area contributed by atoms with Crippen LogP contribution in [0.4, 0.5) is 0 Å². The summed E-state index contributed by atoms with van der Waals surface area (Å²) in [6.07, 6.45) is -43.8. The van der Waals surface area contributed by atoms with Crippen LogP contribution in [0.1, 0.15) is 6.92 Å². The molecule has 5 fully saturated rings. The number of aliphatic hydroxyl groups excluding tert-OH is 16. The van der Waals surface area contributed by atoms with Crippen LogP contribution < -0.4 is 5.32 Å². The Labute approximate surface area is 333 Å². The van der Waals surface area contributed by atoms with E-state index >= 15 is 0 Å². The average Bonchev–Trinajstić information content (AvgIpc) is 3.21. The smallest absolute Gasteiger partial charge is 0.217 e. The molecule has 0 aromatic heterocycles. The van der Waals surface area contributed by atoms with Crippen LogP contribution in [0.5, 0.6) is 0 Å². The molecule has 1 amide bonds. The Balaban J connectivity index is 1.33. The highest BCUT2D eigenvalue weighted by Gasteiger charge is 2.54. The number of aliphatic hydroxyl groups is 16. The third-order valence-corrected chi connectivity index (χ3v) is 10.7. The predicted molar refractivity (Wildman–Crippen MR) is 178 cm³/mol. The van der Waals surface area contributed by atoms with Crippen molar-refractivity contribution >= 4 is 5.91 Å². The lowest BCUT2D eigenvalue weighted by Gasteiger charge is -2.47. The summed E-state index contributed by atoms with van der Waals surface area (Å²) < 4.78 is 49.7. The average molecular weight is 870 g/mol. The fourth-order valence-corrected chi connectivity index (χ4v) is 7.22. The normalized spacial score (nSPS) is 51.0. The number of ether oxygens (including phenoxy) is 9. The van der Waals surface area contributed by atoms with E-state index in [1.165, 1.54) is 0 Å². The molecule has 27 nitrogen and oxygen atoms in total. The minimum atomic E-state index is -2.08. The molecule has 0 aliphatic carbocycles. The van der Waals surface area contributed by atoms with Gasteiger partial charge in [0.15, 0.2) is 31.5 Å². The molecule has 0 radical (unpaired) electrons. The number of rotatable bonds is 14. The molecule has 5 heterocycles. The van der Waals surface area contributed by atoms with Gasteiger partial charge in [-0.25, -0.2) is 0 Å². The van der Waals surface area contributed by atoms with Crippen LogP contribution in [0, 0.1) is 0 Å². The van der Waals surface area contributed by atoms with E-state index in [0.717, 1.165) is 6.92 Å². The Morgan fingerprint density at radius 1 is 0.441 bits per heavy atom. The van der Waals surface area contributed by atoms with Gasteiger partial charge in [-0.05, 0) is 0 Å². The van der Waals surface area contributed by atoms with E-state index in [-0.39, 0.29) is 0 Å². The second kappa shape index (κ2) is 20.8. The SMILES string of the molecule is CC(=O)N[C@H]1C(O)O[C@H](CO)[C@@H](O[C@@H]2O[C@H](CO[C@H]3O[C@H](CO[C@H]4O[C@H](CO)[C@@H](O)[C@H](O)[C@@H]4O)[C@@H](O)[C@H](O[C@H]4O[C@H](CO)[C@@H](O)[C@H](O)[C@@H]4O)[C@@H]3O)[C@@H](O)[C@H](O)[C@@H]2O)[C@@H]1O. The summed E-state index contributed by atoms with van der Waals surface area (Å²) in [5.74, 6) is -0.689. The highest BCUT2D eigenvalue weighted by molar-refractivity contribution is 5.73. The Bertz CT molecular complexity index is 1320. The first-order chi connectivity index (χ1) is 27.8. The molecule has 0 spiro atoms. The van der Waals surface area contributed by atoms with Gasteiger partial charge in [0.1, 0.15) is 122 Å². The molecule has 59 heavy (non-hydrogen) atoms. The van der Waals surface area contributed by atoms with Gasteiger partial charge >= 0.3 is 0 Å². The molecule has 5 saturated heterocycles. The molecule has 344 valence electrons. The number of hydrogen-bond acceptors (Lipinski definition) is 26. The van der Waals surface area contributed by atoms with Crippen LogP contribution in [-0.2, 0) is 47.4 Å². The van der Waals surface area contributed by atoms with Crippen molar-refractivity contribution in [1.29, 1.82) is 0 Å². The molecule has 27 heteroatoms. The van der Waals surface area contributed by atoms with Crippen molar-refractivity contribution in [1.82, 2.24) is 5.32 Å². The van der Waals surface area contributed by atoms with Gasteiger partial charge < -0.3 is 130 Å². The fourth-order valence-electron chi connectivity index (χ4n) is 7.22. The topological polar surface area (TPSA) is 436 Å². The quantitative estimate of drug-likeness (QED) is 0.0770. The molecule has 5 aliphatic heterocycles. The van der Waals surface area contributed by atoms with Gasteiger partial charge in [-0.15, -0.1) is 0 Å². The maximum absolute atomic E-state index is 11.7. The Morgan fingerprint density at radius 2 is 0.831 bits per heavy atom. The summed E-state index contributed by atoms with van der Waals surface area (Å²) in [4.78, 5) is 11.7. The van der Waals surface area contributed by atoms with E-state index in [1.807, 2.05) is 0 Å². The van der Waals surface area contributed by atoms with E-state index in [0.29, 0.717) is 0 Å². The Kier molecular flexibility index (Phi) is 17.1. The van der Waals surface area contributed by atoms with Crippen LogP contribution in [0.25, 0.3) is 0 Å². The zero-order valence-corrected chi connectivity index (χ0v) is 31.2. The molecule has 17 N–H and O–H groups in total. The monoisotopic (exact) mass is 869 g/mol.